The van der Waals surface area contributed by atoms with Gasteiger partial charge in [0, 0.05) is 23.2 Å². The first-order valence-electron chi connectivity index (χ1n) is 4.28. The lowest BCUT2D eigenvalue weighted by Crippen LogP contribution is -2.04. The van der Waals surface area contributed by atoms with E-state index in [1.165, 1.54) is 16.6 Å². The highest BCUT2D eigenvalue weighted by atomic mass is 35.5. The number of nitrogens with zero attached hydrogens (tertiary/aromatic N) is 1. The Balaban J connectivity index is 2.26. The molecular formula is C9H7ClF3NS. The predicted molar refractivity (Wildman–Crippen MR) is 55.3 cm³/mol. The summed E-state index contributed by atoms with van der Waals surface area (Å²) in [5.74, 6) is 0. The third kappa shape index (κ3) is 2.52. The Morgan fingerprint density at radius 1 is 1.33 bits per heavy atom. The number of thioether (sulfide) groups is 1. The Hall–Kier alpha value is -0.550. The molecule has 1 aromatic carbocycles. The minimum absolute atomic E-state index is 0.117. The fourth-order valence-electron chi connectivity index (χ4n) is 1.52. The van der Waals surface area contributed by atoms with E-state index < -0.39 is 5.51 Å². The van der Waals surface area contributed by atoms with Crippen molar-refractivity contribution >= 4 is 29.2 Å². The zero-order valence-electron chi connectivity index (χ0n) is 7.51. The van der Waals surface area contributed by atoms with Gasteiger partial charge in [-0.25, -0.2) is 0 Å². The zero-order chi connectivity index (χ0) is 11.1. The Kier molecular flexibility index (Phi) is 2.77. The minimum Gasteiger partial charge on any atom is -0.285 e. The summed E-state index contributed by atoms with van der Waals surface area (Å²) >= 11 is 5.71. The number of hydrogen-bond acceptors (Lipinski definition) is 2. The Morgan fingerprint density at radius 3 is 2.73 bits per heavy atom. The topological polar surface area (TPSA) is 3.24 Å². The zero-order valence-corrected chi connectivity index (χ0v) is 9.09. The lowest BCUT2D eigenvalue weighted by molar-refractivity contribution is -0.0328. The van der Waals surface area contributed by atoms with Crippen molar-refractivity contribution in [2.24, 2.45) is 0 Å². The summed E-state index contributed by atoms with van der Waals surface area (Å²) in [6.07, 6.45) is 0.787. The molecule has 82 valence electrons. The van der Waals surface area contributed by atoms with Crippen LogP contribution in [0.5, 0.6) is 0 Å². The summed E-state index contributed by atoms with van der Waals surface area (Å²) in [5, 5.41) is 0. The average Bonchev–Trinajstić information content (AvgIpc) is 2.45. The monoisotopic (exact) mass is 253 g/mol. The molecule has 1 aliphatic heterocycles. The van der Waals surface area contributed by atoms with Crippen molar-refractivity contribution in [3.05, 3.63) is 23.8 Å². The van der Waals surface area contributed by atoms with Crippen molar-refractivity contribution in [2.75, 3.05) is 11.0 Å². The van der Waals surface area contributed by atoms with E-state index >= 15 is 0 Å². The van der Waals surface area contributed by atoms with Gasteiger partial charge >= 0.3 is 5.51 Å². The van der Waals surface area contributed by atoms with E-state index in [9.17, 15) is 13.2 Å². The quantitative estimate of drug-likeness (QED) is 0.553. The molecule has 1 aliphatic rings. The predicted octanol–water partition coefficient (Wildman–Crippen LogP) is 3.81. The lowest BCUT2D eigenvalue weighted by Gasteiger charge is -2.10. The first kappa shape index (κ1) is 11.0. The van der Waals surface area contributed by atoms with Crippen molar-refractivity contribution in [2.45, 2.75) is 16.8 Å². The molecule has 15 heavy (non-hydrogen) atoms. The van der Waals surface area contributed by atoms with E-state index in [-0.39, 0.29) is 16.7 Å². The molecule has 6 heteroatoms. The molecule has 0 saturated carbocycles. The summed E-state index contributed by atoms with van der Waals surface area (Å²) in [4.78, 5) is 0.175. The number of benzene rings is 1. The van der Waals surface area contributed by atoms with Gasteiger partial charge in [0.05, 0.1) is 5.69 Å². The molecule has 0 unspecified atom stereocenters. The molecule has 0 spiro atoms. The molecule has 0 atom stereocenters. The third-order valence-corrected chi connectivity index (χ3v) is 3.20. The first-order valence-corrected chi connectivity index (χ1v) is 5.43. The van der Waals surface area contributed by atoms with Crippen LogP contribution in [0.2, 0.25) is 0 Å². The van der Waals surface area contributed by atoms with Crippen LogP contribution in [-0.4, -0.2) is 12.1 Å². The van der Waals surface area contributed by atoms with E-state index in [1.807, 2.05) is 0 Å². The van der Waals surface area contributed by atoms with Crippen LogP contribution in [-0.2, 0) is 6.42 Å². The maximum absolute atomic E-state index is 12.1. The van der Waals surface area contributed by atoms with E-state index in [0.29, 0.717) is 12.2 Å². The largest absolute Gasteiger partial charge is 0.446 e. The van der Waals surface area contributed by atoms with Crippen LogP contribution in [0.3, 0.4) is 0 Å². The van der Waals surface area contributed by atoms with Crippen LogP contribution < -0.4 is 4.42 Å². The molecule has 1 heterocycles. The second-order valence-electron chi connectivity index (χ2n) is 3.17. The van der Waals surface area contributed by atoms with Crippen LogP contribution in [0.25, 0.3) is 0 Å². The van der Waals surface area contributed by atoms with Crippen molar-refractivity contribution in [3.63, 3.8) is 0 Å². The van der Waals surface area contributed by atoms with Gasteiger partial charge in [-0.05, 0) is 35.9 Å². The molecule has 1 nitrogen and oxygen atoms in total. The highest BCUT2D eigenvalue weighted by Crippen LogP contribution is 2.40. The molecule has 0 bridgehead atoms. The standard InChI is InChI=1S/C9H7ClF3NS/c10-14-4-3-6-1-2-7(5-8(6)14)15-9(11,12)13/h1-2,5H,3-4H2. The molecule has 0 radical (unpaired) electrons. The van der Waals surface area contributed by atoms with E-state index in [1.54, 1.807) is 6.07 Å². The van der Waals surface area contributed by atoms with Gasteiger partial charge in [0.15, 0.2) is 0 Å². The fourth-order valence-corrected chi connectivity index (χ4v) is 2.33. The molecule has 0 aromatic heterocycles. The van der Waals surface area contributed by atoms with Gasteiger partial charge in [-0.2, -0.15) is 13.2 Å². The molecule has 0 fully saturated rings. The summed E-state index contributed by atoms with van der Waals surface area (Å²) in [7, 11) is 0. The van der Waals surface area contributed by atoms with Crippen molar-refractivity contribution < 1.29 is 13.2 Å². The average molecular weight is 254 g/mol. The number of anilines is 1. The van der Waals surface area contributed by atoms with Crippen molar-refractivity contribution in [1.82, 2.24) is 0 Å². The fraction of sp³-hybridized carbons (Fsp3) is 0.333. The maximum Gasteiger partial charge on any atom is 0.446 e. The highest BCUT2D eigenvalue weighted by molar-refractivity contribution is 8.00. The summed E-state index contributed by atoms with van der Waals surface area (Å²) in [5.41, 5.74) is -2.56. The second kappa shape index (κ2) is 3.79. The number of fused-ring (bicyclic) bond motifs is 1. The van der Waals surface area contributed by atoms with Gasteiger partial charge in [-0.1, -0.05) is 6.07 Å². The molecule has 0 aliphatic carbocycles. The van der Waals surface area contributed by atoms with E-state index in [4.69, 9.17) is 11.8 Å². The second-order valence-corrected chi connectivity index (χ2v) is 4.72. The van der Waals surface area contributed by atoms with Crippen LogP contribution >= 0.6 is 23.5 Å². The molecule has 0 amide bonds. The van der Waals surface area contributed by atoms with Gasteiger partial charge in [-0.3, -0.25) is 4.42 Å². The molecule has 0 N–H and O–H groups in total. The van der Waals surface area contributed by atoms with E-state index in [2.05, 4.69) is 0 Å². The van der Waals surface area contributed by atoms with Gasteiger partial charge < -0.3 is 0 Å². The smallest absolute Gasteiger partial charge is 0.285 e. The number of rotatable bonds is 1. The Morgan fingerprint density at radius 2 is 2.07 bits per heavy atom. The van der Waals surface area contributed by atoms with Crippen LogP contribution in [0.1, 0.15) is 5.56 Å². The summed E-state index contributed by atoms with van der Waals surface area (Å²) in [6, 6.07) is 4.66. The van der Waals surface area contributed by atoms with Crippen LogP contribution in [0.4, 0.5) is 18.9 Å². The minimum atomic E-state index is -4.25. The number of halogens is 4. The Bertz CT molecular complexity index is 380. The van der Waals surface area contributed by atoms with Crippen molar-refractivity contribution in [3.8, 4) is 0 Å². The Labute approximate surface area is 94.3 Å². The maximum atomic E-state index is 12.1. The van der Waals surface area contributed by atoms with Gasteiger partial charge in [0.2, 0.25) is 0 Å². The molecule has 2 rings (SSSR count). The van der Waals surface area contributed by atoms with Gasteiger partial charge in [-0.15, -0.1) is 0 Å². The van der Waals surface area contributed by atoms with Crippen LogP contribution in [0.15, 0.2) is 23.1 Å². The lowest BCUT2D eigenvalue weighted by atomic mass is 10.2. The normalized spacial score (nSPS) is 15.6. The SMILES string of the molecule is FC(F)(F)Sc1ccc2c(c1)N(Cl)CC2. The van der Waals surface area contributed by atoms with E-state index in [0.717, 1.165) is 12.0 Å². The van der Waals surface area contributed by atoms with Crippen LogP contribution in [0, 0.1) is 0 Å². The third-order valence-electron chi connectivity index (χ3n) is 2.13. The highest BCUT2D eigenvalue weighted by Gasteiger charge is 2.30. The number of hydrogen-bond donors (Lipinski definition) is 0. The molecular weight excluding hydrogens is 247 g/mol. The molecule has 0 saturated heterocycles. The number of alkyl halides is 3. The summed E-state index contributed by atoms with van der Waals surface area (Å²) < 4.78 is 37.8. The molecule has 1 aromatic rings. The first-order chi connectivity index (χ1) is 6.96. The van der Waals surface area contributed by atoms with Gasteiger partial charge in [0.25, 0.3) is 0 Å². The van der Waals surface area contributed by atoms with Crippen molar-refractivity contribution in [1.29, 1.82) is 0 Å². The summed E-state index contributed by atoms with van der Waals surface area (Å²) in [6.45, 7) is 0.650. The van der Waals surface area contributed by atoms with Gasteiger partial charge in [0.1, 0.15) is 0 Å².